The molecule has 0 saturated carbocycles. The standard InChI is InChI=1S/C30H35N3O5/c1-21-11-15-24(16-12-21)32-30(36)38-29(23-13-17-25(18-14-23)37-20-19-34)22(2)7-3-6-10-28(35)33-27-9-5-4-8-26(27)31/h4-6,8-18,22,29,34H,3,7,19-20,31H2,1-2H3,(H,32,36)(H,33,35)/b10-6+/t22-,29+/m0/s1. The highest BCUT2D eigenvalue weighted by Crippen LogP contribution is 2.31. The molecule has 0 unspecified atom stereocenters. The van der Waals surface area contributed by atoms with Crippen molar-refractivity contribution in [2.45, 2.75) is 32.8 Å². The maximum absolute atomic E-state index is 12.8. The normalized spacial score (nSPS) is 12.5. The minimum absolute atomic E-state index is 0.0551. The molecule has 3 aromatic carbocycles. The summed E-state index contributed by atoms with van der Waals surface area (Å²) in [7, 11) is 0. The number of hydrogen-bond donors (Lipinski definition) is 4. The number of benzene rings is 3. The van der Waals surface area contributed by atoms with E-state index in [9.17, 15) is 9.59 Å². The zero-order chi connectivity index (χ0) is 27.3. The molecule has 0 aliphatic carbocycles. The molecule has 0 bridgehead atoms. The number of aliphatic hydroxyl groups excluding tert-OH is 1. The third kappa shape index (κ3) is 8.97. The SMILES string of the molecule is Cc1ccc(NC(=O)O[C@@H](c2ccc(OCCO)cc2)[C@@H](C)CC/C=C/C(=O)Nc2ccccc2N)cc1. The van der Waals surface area contributed by atoms with Crippen LogP contribution in [0.25, 0.3) is 0 Å². The molecule has 5 N–H and O–H groups in total. The number of carbonyl (C=O) groups is 2. The Morgan fingerprint density at radius 1 is 1.00 bits per heavy atom. The lowest BCUT2D eigenvalue weighted by Crippen LogP contribution is -2.22. The maximum atomic E-state index is 12.8. The second-order valence-electron chi connectivity index (χ2n) is 8.99. The smallest absolute Gasteiger partial charge is 0.412 e. The first-order valence-corrected chi connectivity index (χ1v) is 12.6. The number of nitrogens with one attached hydrogen (secondary N) is 2. The molecular formula is C30H35N3O5. The highest BCUT2D eigenvalue weighted by atomic mass is 16.6. The molecular weight excluding hydrogens is 482 g/mol. The van der Waals surface area contributed by atoms with Crippen LogP contribution in [0.5, 0.6) is 5.75 Å². The van der Waals surface area contributed by atoms with Gasteiger partial charge in [-0.3, -0.25) is 10.1 Å². The molecule has 8 heteroatoms. The Labute approximate surface area is 223 Å². The maximum Gasteiger partial charge on any atom is 0.412 e. The van der Waals surface area contributed by atoms with Crippen LogP contribution in [-0.2, 0) is 9.53 Å². The number of hydrogen-bond acceptors (Lipinski definition) is 6. The highest BCUT2D eigenvalue weighted by molar-refractivity contribution is 6.01. The van der Waals surface area contributed by atoms with Gasteiger partial charge in [-0.25, -0.2) is 4.79 Å². The molecule has 200 valence electrons. The van der Waals surface area contributed by atoms with Crippen LogP contribution in [0.3, 0.4) is 0 Å². The second kappa shape index (κ2) is 14.4. The first-order chi connectivity index (χ1) is 18.4. The number of anilines is 3. The van der Waals surface area contributed by atoms with Crippen molar-refractivity contribution in [3.63, 3.8) is 0 Å². The number of ether oxygens (including phenoxy) is 2. The fraction of sp³-hybridized carbons (Fsp3) is 0.267. The molecule has 0 heterocycles. The molecule has 3 rings (SSSR count). The second-order valence-corrected chi connectivity index (χ2v) is 8.99. The lowest BCUT2D eigenvalue weighted by Gasteiger charge is -2.25. The minimum Gasteiger partial charge on any atom is -0.491 e. The molecule has 0 spiro atoms. The number of nitrogens with two attached hydrogens (primary N) is 1. The summed E-state index contributed by atoms with van der Waals surface area (Å²) in [6.45, 7) is 4.10. The zero-order valence-corrected chi connectivity index (χ0v) is 21.7. The van der Waals surface area contributed by atoms with Gasteiger partial charge >= 0.3 is 6.09 Å². The first kappa shape index (κ1) is 28.3. The molecule has 0 aromatic heterocycles. The van der Waals surface area contributed by atoms with Crippen molar-refractivity contribution in [3.05, 3.63) is 96.1 Å². The molecule has 0 fully saturated rings. The molecule has 3 aromatic rings. The summed E-state index contributed by atoms with van der Waals surface area (Å²) in [6, 6.07) is 21.8. The number of para-hydroxylation sites is 2. The van der Waals surface area contributed by atoms with E-state index in [0.29, 0.717) is 35.7 Å². The predicted molar refractivity (Wildman–Crippen MR) is 150 cm³/mol. The number of amides is 2. The van der Waals surface area contributed by atoms with Crippen LogP contribution in [0, 0.1) is 12.8 Å². The largest absolute Gasteiger partial charge is 0.491 e. The monoisotopic (exact) mass is 517 g/mol. The summed E-state index contributed by atoms with van der Waals surface area (Å²) in [4.78, 5) is 25.0. The summed E-state index contributed by atoms with van der Waals surface area (Å²) >= 11 is 0. The molecule has 8 nitrogen and oxygen atoms in total. The molecule has 0 saturated heterocycles. The third-order valence-electron chi connectivity index (χ3n) is 5.89. The van der Waals surface area contributed by atoms with E-state index in [1.807, 2.05) is 50.2 Å². The quantitative estimate of drug-likeness (QED) is 0.177. The lowest BCUT2D eigenvalue weighted by molar-refractivity contribution is -0.111. The van der Waals surface area contributed by atoms with Crippen LogP contribution < -0.4 is 21.1 Å². The van der Waals surface area contributed by atoms with Gasteiger partial charge in [0.1, 0.15) is 18.5 Å². The van der Waals surface area contributed by atoms with Gasteiger partial charge in [0.25, 0.3) is 0 Å². The van der Waals surface area contributed by atoms with Gasteiger partial charge in [0, 0.05) is 5.69 Å². The van der Waals surface area contributed by atoms with Crippen molar-refractivity contribution in [3.8, 4) is 5.75 Å². The number of aryl methyl sites for hydroxylation is 1. The van der Waals surface area contributed by atoms with Crippen LogP contribution in [0.1, 0.15) is 37.0 Å². The number of allylic oxidation sites excluding steroid dienone is 1. The third-order valence-corrected chi connectivity index (χ3v) is 5.89. The van der Waals surface area contributed by atoms with Crippen molar-refractivity contribution in [2.24, 2.45) is 5.92 Å². The summed E-state index contributed by atoms with van der Waals surface area (Å²) in [5, 5.41) is 14.5. The van der Waals surface area contributed by atoms with Gasteiger partial charge in [0.2, 0.25) is 5.91 Å². The predicted octanol–water partition coefficient (Wildman–Crippen LogP) is 5.85. The minimum atomic E-state index is -0.554. The van der Waals surface area contributed by atoms with E-state index in [1.54, 1.807) is 42.5 Å². The van der Waals surface area contributed by atoms with E-state index in [-0.39, 0.29) is 25.0 Å². The van der Waals surface area contributed by atoms with E-state index >= 15 is 0 Å². The lowest BCUT2D eigenvalue weighted by atomic mass is 9.93. The van der Waals surface area contributed by atoms with Gasteiger partial charge in [0.15, 0.2) is 0 Å². The van der Waals surface area contributed by atoms with Crippen LogP contribution >= 0.6 is 0 Å². The van der Waals surface area contributed by atoms with Gasteiger partial charge in [-0.2, -0.15) is 0 Å². The number of rotatable bonds is 12. The van der Waals surface area contributed by atoms with Gasteiger partial charge < -0.3 is 25.6 Å². The Hall–Kier alpha value is -4.30. The topological polar surface area (TPSA) is 123 Å². The summed E-state index contributed by atoms with van der Waals surface area (Å²) < 4.78 is 11.3. The molecule has 38 heavy (non-hydrogen) atoms. The molecule has 0 aliphatic heterocycles. The fourth-order valence-corrected chi connectivity index (χ4v) is 3.82. The van der Waals surface area contributed by atoms with Gasteiger partial charge in [-0.15, -0.1) is 0 Å². The molecule has 2 atom stereocenters. The zero-order valence-electron chi connectivity index (χ0n) is 21.7. The molecule has 2 amide bonds. The van der Waals surface area contributed by atoms with Crippen molar-refractivity contribution in [2.75, 3.05) is 29.6 Å². The Morgan fingerprint density at radius 3 is 2.39 bits per heavy atom. The van der Waals surface area contributed by atoms with Crippen molar-refractivity contribution >= 4 is 29.1 Å². The van der Waals surface area contributed by atoms with Gasteiger partial charge in [0.05, 0.1) is 18.0 Å². The average Bonchev–Trinajstić information content (AvgIpc) is 2.91. The van der Waals surface area contributed by atoms with Crippen LogP contribution in [0.2, 0.25) is 0 Å². The molecule has 0 radical (unpaired) electrons. The summed E-state index contributed by atoms with van der Waals surface area (Å²) in [6.07, 6.45) is 3.46. The van der Waals surface area contributed by atoms with Crippen molar-refractivity contribution in [1.82, 2.24) is 0 Å². The molecule has 0 aliphatic rings. The van der Waals surface area contributed by atoms with Crippen LogP contribution in [0.15, 0.2) is 84.9 Å². The summed E-state index contributed by atoms with van der Waals surface area (Å²) in [5.41, 5.74) is 9.49. The van der Waals surface area contributed by atoms with Crippen molar-refractivity contribution in [1.29, 1.82) is 0 Å². The van der Waals surface area contributed by atoms with Gasteiger partial charge in [-0.1, -0.05) is 55.0 Å². The fourth-order valence-electron chi connectivity index (χ4n) is 3.82. The van der Waals surface area contributed by atoms with E-state index in [1.165, 1.54) is 6.08 Å². The number of carbonyl (C=O) groups excluding carboxylic acids is 2. The number of nitrogen functional groups attached to an aromatic ring is 1. The highest BCUT2D eigenvalue weighted by Gasteiger charge is 2.23. The van der Waals surface area contributed by atoms with Crippen molar-refractivity contribution < 1.29 is 24.2 Å². The summed E-state index contributed by atoms with van der Waals surface area (Å²) in [5.74, 6) is 0.297. The number of aliphatic hydroxyl groups is 1. The van der Waals surface area contributed by atoms with E-state index < -0.39 is 12.2 Å². The first-order valence-electron chi connectivity index (χ1n) is 12.6. The van der Waals surface area contributed by atoms with Crippen LogP contribution in [-0.4, -0.2) is 30.3 Å². The van der Waals surface area contributed by atoms with Crippen LogP contribution in [0.4, 0.5) is 21.9 Å². The Kier molecular flexibility index (Phi) is 10.7. The van der Waals surface area contributed by atoms with E-state index in [2.05, 4.69) is 10.6 Å². The van der Waals surface area contributed by atoms with E-state index in [0.717, 1.165) is 11.1 Å². The Morgan fingerprint density at radius 2 is 1.71 bits per heavy atom. The Balaban J connectivity index is 1.63. The Bertz CT molecular complexity index is 1210. The van der Waals surface area contributed by atoms with Gasteiger partial charge in [-0.05, 0) is 73.7 Å². The van der Waals surface area contributed by atoms with E-state index in [4.69, 9.17) is 20.3 Å². The average molecular weight is 518 g/mol.